The minimum atomic E-state index is -0.799. The molecule has 1 unspecified atom stereocenters. The van der Waals surface area contributed by atoms with Gasteiger partial charge in [0.1, 0.15) is 5.69 Å². The first kappa shape index (κ1) is 18.0. The van der Waals surface area contributed by atoms with E-state index in [1.54, 1.807) is 30.5 Å². The van der Waals surface area contributed by atoms with Crippen molar-refractivity contribution in [2.75, 3.05) is 26.2 Å². The fourth-order valence-corrected chi connectivity index (χ4v) is 4.45. The van der Waals surface area contributed by atoms with Crippen molar-refractivity contribution in [1.82, 2.24) is 14.8 Å². The number of pyridine rings is 1. The van der Waals surface area contributed by atoms with Crippen molar-refractivity contribution in [1.29, 1.82) is 0 Å². The van der Waals surface area contributed by atoms with Gasteiger partial charge in [-0.2, -0.15) is 0 Å². The van der Waals surface area contributed by atoms with Crippen molar-refractivity contribution in [2.45, 2.75) is 25.8 Å². The molecule has 0 N–H and O–H groups in total. The number of piperidine rings is 1. The molecule has 1 aromatic carbocycles. The molecule has 2 aromatic rings. The van der Waals surface area contributed by atoms with E-state index in [9.17, 15) is 13.6 Å². The molecular formula is C21H23F2N3O. The fraction of sp³-hybridized carbons (Fsp3) is 0.429. The average Bonchev–Trinajstić information content (AvgIpc) is 3.09. The highest BCUT2D eigenvalue weighted by Crippen LogP contribution is 2.39. The summed E-state index contributed by atoms with van der Waals surface area (Å²) in [5.74, 6) is -1.58. The molecule has 2 aliphatic rings. The van der Waals surface area contributed by atoms with Crippen LogP contribution in [0.2, 0.25) is 0 Å². The number of nitrogens with zero attached hydrogens (tertiary/aromatic N) is 3. The van der Waals surface area contributed by atoms with Crippen LogP contribution in [-0.2, 0) is 6.54 Å². The van der Waals surface area contributed by atoms with Crippen LogP contribution < -0.4 is 0 Å². The van der Waals surface area contributed by atoms with E-state index in [2.05, 4.69) is 9.88 Å². The number of hydrogen-bond acceptors (Lipinski definition) is 3. The molecule has 0 radical (unpaired) electrons. The highest BCUT2D eigenvalue weighted by molar-refractivity contribution is 5.92. The Labute approximate surface area is 157 Å². The average molecular weight is 371 g/mol. The summed E-state index contributed by atoms with van der Waals surface area (Å²) in [5.41, 5.74) is 0.905. The highest BCUT2D eigenvalue weighted by atomic mass is 19.2. The molecule has 1 amide bonds. The molecule has 2 saturated heterocycles. The largest absolute Gasteiger partial charge is 0.337 e. The topological polar surface area (TPSA) is 36.4 Å². The van der Waals surface area contributed by atoms with Gasteiger partial charge in [0.05, 0.1) is 0 Å². The van der Waals surface area contributed by atoms with Crippen LogP contribution in [0.5, 0.6) is 0 Å². The number of benzene rings is 1. The van der Waals surface area contributed by atoms with E-state index in [4.69, 9.17) is 0 Å². The molecule has 2 aliphatic heterocycles. The SMILES string of the molecule is O=C(c1ccccn1)N1CCC2(CCCN(Cc3cccc(F)c3F)C2)C1. The van der Waals surface area contributed by atoms with Crippen molar-refractivity contribution in [3.05, 3.63) is 65.5 Å². The van der Waals surface area contributed by atoms with Crippen molar-refractivity contribution >= 4 is 5.91 Å². The molecular weight excluding hydrogens is 348 g/mol. The molecule has 0 aliphatic carbocycles. The van der Waals surface area contributed by atoms with Crippen LogP contribution in [0.25, 0.3) is 0 Å². The smallest absolute Gasteiger partial charge is 0.272 e. The Hall–Kier alpha value is -2.34. The quantitative estimate of drug-likeness (QED) is 0.829. The Morgan fingerprint density at radius 1 is 1.07 bits per heavy atom. The number of amides is 1. The predicted octanol–water partition coefficient (Wildman–Crippen LogP) is 3.49. The summed E-state index contributed by atoms with van der Waals surface area (Å²) < 4.78 is 27.5. The molecule has 27 heavy (non-hydrogen) atoms. The predicted molar refractivity (Wildman–Crippen MR) is 98.1 cm³/mol. The molecule has 4 nitrogen and oxygen atoms in total. The maximum absolute atomic E-state index is 14.0. The van der Waals surface area contributed by atoms with Crippen LogP contribution in [-0.4, -0.2) is 46.9 Å². The molecule has 3 heterocycles. The molecule has 1 spiro atoms. The standard InChI is InChI=1S/C21H23F2N3O/c22-17-6-3-5-16(19(17)23)13-25-11-4-8-21(14-25)9-12-26(15-21)20(27)18-7-1-2-10-24-18/h1-3,5-7,10H,4,8-9,11-15H2. The van der Waals surface area contributed by atoms with Gasteiger partial charge in [-0.3, -0.25) is 14.7 Å². The molecule has 142 valence electrons. The summed E-state index contributed by atoms with van der Waals surface area (Å²) in [4.78, 5) is 20.9. The van der Waals surface area contributed by atoms with Gasteiger partial charge < -0.3 is 4.90 Å². The zero-order valence-corrected chi connectivity index (χ0v) is 15.2. The van der Waals surface area contributed by atoms with E-state index in [1.807, 2.05) is 11.0 Å². The summed E-state index contributed by atoms with van der Waals surface area (Å²) in [6.45, 7) is 3.49. The second-order valence-electron chi connectivity index (χ2n) is 7.72. The summed E-state index contributed by atoms with van der Waals surface area (Å²) in [6.07, 6.45) is 4.63. The maximum Gasteiger partial charge on any atom is 0.272 e. The van der Waals surface area contributed by atoms with Gasteiger partial charge in [0.25, 0.3) is 5.91 Å². The Bertz CT molecular complexity index is 829. The van der Waals surface area contributed by atoms with Gasteiger partial charge in [-0.25, -0.2) is 8.78 Å². The summed E-state index contributed by atoms with van der Waals surface area (Å²) in [5, 5.41) is 0. The van der Waals surface area contributed by atoms with Gasteiger partial charge >= 0.3 is 0 Å². The van der Waals surface area contributed by atoms with Crippen molar-refractivity contribution in [3.8, 4) is 0 Å². The number of likely N-dealkylation sites (tertiary alicyclic amines) is 2. The van der Waals surface area contributed by atoms with Crippen molar-refractivity contribution in [3.63, 3.8) is 0 Å². The maximum atomic E-state index is 14.0. The number of aromatic nitrogens is 1. The van der Waals surface area contributed by atoms with Gasteiger partial charge in [-0.05, 0) is 44.0 Å². The van der Waals surface area contributed by atoms with Crippen molar-refractivity contribution < 1.29 is 13.6 Å². The van der Waals surface area contributed by atoms with Gasteiger partial charge in [-0.1, -0.05) is 18.2 Å². The second kappa shape index (κ2) is 7.35. The zero-order valence-electron chi connectivity index (χ0n) is 15.2. The summed E-state index contributed by atoms with van der Waals surface area (Å²) in [6, 6.07) is 9.71. The van der Waals surface area contributed by atoms with Gasteiger partial charge in [-0.15, -0.1) is 0 Å². The Kier molecular flexibility index (Phi) is 4.91. The van der Waals surface area contributed by atoms with E-state index in [0.29, 0.717) is 24.3 Å². The number of halogens is 2. The minimum absolute atomic E-state index is 0.0271. The molecule has 2 fully saturated rings. The first-order valence-corrected chi connectivity index (χ1v) is 9.42. The zero-order chi connectivity index (χ0) is 18.9. The van der Waals surface area contributed by atoms with Crippen LogP contribution in [0.4, 0.5) is 8.78 Å². The minimum Gasteiger partial charge on any atom is -0.337 e. The van der Waals surface area contributed by atoms with Gasteiger partial charge in [0.2, 0.25) is 0 Å². The van der Waals surface area contributed by atoms with Crippen LogP contribution in [0.15, 0.2) is 42.6 Å². The van der Waals surface area contributed by atoms with E-state index >= 15 is 0 Å². The molecule has 0 saturated carbocycles. The lowest BCUT2D eigenvalue weighted by atomic mass is 9.79. The third kappa shape index (κ3) is 3.72. The van der Waals surface area contributed by atoms with Crippen molar-refractivity contribution in [2.24, 2.45) is 5.41 Å². The number of carbonyl (C=O) groups is 1. The lowest BCUT2D eigenvalue weighted by Gasteiger charge is -2.40. The highest BCUT2D eigenvalue weighted by Gasteiger charge is 2.43. The van der Waals surface area contributed by atoms with Crippen LogP contribution in [0.1, 0.15) is 35.3 Å². The number of hydrogen-bond donors (Lipinski definition) is 0. The van der Waals surface area contributed by atoms with E-state index < -0.39 is 11.6 Å². The van der Waals surface area contributed by atoms with Gasteiger partial charge in [0, 0.05) is 43.4 Å². The summed E-state index contributed by atoms with van der Waals surface area (Å²) in [7, 11) is 0. The fourth-order valence-electron chi connectivity index (χ4n) is 4.45. The first-order chi connectivity index (χ1) is 13.1. The molecule has 4 rings (SSSR count). The molecule has 0 bridgehead atoms. The van der Waals surface area contributed by atoms with Crippen LogP contribution in [0, 0.1) is 17.0 Å². The summed E-state index contributed by atoms with van der Waals surface area (Å²) >= 11 is 0. The first-order valence-electron chi connectivity index (χ1n) is 9.42. The Morgan fingerprint density at radius 2 is 1.96 bits per heavy atom. The number of rotatable bonds is 3. The molecule has 6 heteroatoms. The third-order valence-electron chi connectivity index (χ3n) is 5.78. The van der Waals surface area contributed by atoms with E-state index in [0.717, 1.165) is 45.0 Å². The Morgan fingerprint density at radius 3 is 2.78 bits per heavy atom. The van der Waals surface area contributed by atoms with Crippen LogP contribution in [0.3, 0.4) is 0 Å². The van der Waals surface area contributed by atoms with E-state index in [-0.39, 0.29) is 11.3 Å². The Balaban J connectivity index is 1.43. The normalized spacial score (nSPS) is 23.1. The monoisotopic (exact) mass is 371 g/mol. The van der Waals surface area contributed by atoms with E-state index in [1.165, 1.54) is 0 Å². The lowest BCUT2D eigenvalue weighted by Crippen LogP contribution is -2.45. The van der Waals surface area contributed by atoms with Gasteiger partial charge in [0.15, 0.2) is 11.6 Å². The second-order valence-corrected chi connectivity index (χ2v) is 7.72. The molecule has 1 aromatic heterocycles. The lowest BCUT2D eigenvalue weighted by molar-refractivity contribution is 0.0668. The van der Waals surface area contributed by atoms with Crippen LogP contribution >= 0.6 is 0 Å². The molecule has 1 atom stereocenters. The third-order valence-corrected chi connectivity index (χ3v) is 5.78. The number of carbonyl (C=O) groups excluding carboxylic acids is 1.